The molecule has 0 radical (unpaired) electrons. The van der Waals surface area contributed by atoms with Crippen molar-refractivity contribution in [3.05, 3.63) is 64.5 Å². The summed E-state index contributed by atoms with van der Waals surface area (Å²) >= 11 is 0. The van der Waals surface area contributed by atoms with Crippen LogP contribution in [0.2, 0.25) is 0 Å². The van der Waals surface area contributed by atoms with Crippen molar-refractivity contribution in [2.75, 3.05) is 20.8 Å². The van der Waals surface area contributed by atoms with Crippen molar-refractivity contribution >= 4 is 11.7 Å². The van der Waals surface area contributed by atoms with E-state index in [0.29, 0.717) is 37.8 Å². The number of carbonyl (C=O) groups is 1. The third-order valence-electron chi connectivity index (χ3n) is 5.44. The molecule has 28 heavy (non-hydrogen) atoms. The van der Waals surface area contributed by atoms with E-state index in [1.54, 1.807) is 14.2 Å². The van der Waals surface area contributed by atoms with Crippen LogP contribution in [0.4, 0.5) is 0 Å². The lowest BCUT2D eigenvalue weighted by Gasteiger charge is -2.16. The van der Waals surface area contributed by atoms with Crippen LogP contribution < -0.4 is 0 Å². The van der Waals surface area contributed by atoms with E-state index < -0.39 is 0 Å². The number of nitrogens with zero attached hydrogens (tertiary/aromatic N) is 2. The van der Waals surface area contributed by atoms with E-state index in [0.717, 1.165) is 40.9 Å². The quantitative estimate of drug-likeness (QED) is 0.701. The average Bonchev–Trinajstić information content (AvgIpc) is 3.47. The molecule has 5 nitrogen and oxygen atoms in total. The molecule has 1 aliphatic heterocycles. The molecule has 2 aromatic rings. The molecule has 0 unspecified atom stereocenters. The average molecular weight is 378 g/mol. The number of ketones is 1. The van der Waals surface area contributed by atoms with Crippen molar-refractivity contribution in [2.45, 2.75) is 44.1 Å². The molecule has 0 N–H and O–H groups in total. The molecule has 4 rings (SSSR count). The first-order valence-electron chi connectivity index (χ1n) is 9.86. The van der Waals surface area contributed by atoms with Gasteiger partial charge in [-0.2, -0.15) is 0 Å². The summed E-state index contributed by atoms with van der Waals surface area (Å²) in [7, 11) is 3.33. The molecule has 146 valence electrons. The predicted octanol–water partition coefficient (Wildman–Crippen LogP) is 3.80. The largest absolute Gasteiger partial charge is 0.481 e. The number of aromatic nitrogens is 1. The molecule has 1 atom stereocenters. The van der Waals surface area contributed by atoms with Crippen LogP contribution in [0.5, 0.6) is 0 Å². The third-order valence-corrected chi connectivity index (χ3v) is 5.44. The molecule has 1 aliphatic carbocycles. The maximum absolute atomic E-state index is 12.8. The van der Waals surface area contributed by atoms with E-state index >= 15 is 0 Å². The Hall–Kier alpha value is -2.53. The molecular formula is C23H26N2O3. The molecule has 0 amide bonds. The summed E-state index contributed by atoms with van der Waals surface area (Å²) in [4.78, 5) is 22.2. The summed E-state index contributed by atoms with van der Waals surface area (Å²) in [5.74, 6) is 1.42. The van der Waals surface area contributed by atoms with Gasteiger partial charge in [0.2, 0.25) is 5.90 Å². The van der Waals surface area contributed by atoms with Crippen LogP contribution in [-0.2, 0) is 27.2 Å². The fourth-order valence-electron chi connectivity index (χ4n) is 3.95. The number of fused-ring (bicyclic) bond motifs is 1. The third kappa shape index (κ3) is 3.99. The molecule has 1 fully saturated rings. The zero-order chi connectivity index (χ0) is 19.5. The molecule has 0 bridgehead atoms. The van der Waals surface area contributed by atoms with Gasteiger partial charge in [0.1, 0.15) is 5.78 Å². The number of aliphatic imine (C=N–C) groups is 1. The first-order valence-corrected chi connectivity index (χ1v) is 9.86. The van der Waals surface area contributed by atoms with Crippen molar-refractivity contribution < 1.29 is 14.3 Å². The zero-order valence-electron chi connectivity index (χ0n) is 16.5. The number of hydrogen-bond acceptors (Lipinski definition) is 5. The van der Waals surface area contributed by atoms with Crippen LogP contribution >= 0.6 is 0 Å². The lowest BCUT2D eigenvalue weighted by atomic mass is 9.92. The van der Waals surface area contributed by atoms with Crippen molar-refractivity contribution in [1.82, 2.24) is 4.98 Å². The Kier molecular flexibility index (Phi) is 5.53. The summed E-state index contributed by atoms with van der Waals surface area (Å²) < 4.78 is 10.8. The van der Waals surface area contributed by atoms with E-state index in [9.17, 15) is 4.79 Å². The van der Waals surface area contributed by atoms with Crippen molar-refractivity contribution in [3.8, 4) is 0 Å². The van der Waals surface area contributed by atoms with Crippen molar-refractivity contribution in [1.29, 1.82) is 0 Å². The second-order valence-corrected chi connectivity index (χ2v) is 7.62. The lowest BCUT2D eigenvalue weighted by Crippen LogP contribution is -2.15. The van der Waals surface area contributed by atoms with Gasteiger partial charge < -0.3 is 9.47 Å². The van der Waals surface area contributed by atoms with Gasteiger partial charge >= 0.3 is 0 Å². The first-order chi connectivity index (χ1) is 13.7. The van der Waals surface area contributed by atoms with Crippen LogP contribution in [0.3, 0.4) is 0 Å². The monoisotopic (exact) mass is 378 g/mol. The molecule has 0 spiro atoms. The second kappa shape index (κ2) is 8.23. The van der Waals surface area contributed by atoms with Crippen LogP contribution in [0, 0.1) is 0 Å². The fraction of sp³-hybridized carbons (Fsp3) is 0.435. The van der Waals surface area contributed by atoms with Gasteiger partial charge in [-0.1, -0.05) is 30.3 Å². The highest BCUT2D eigenvalue weighted by Crippen LogP contribution is 2.42. The highest BCUT2D eigenvalue weighted by molar-refractivity contribution is 5.99. The Morgan fingerprint density at radius 1 is 1.21 bits per heavy atom. The number of pyridine rings is 1. The van der Waals surface area contributed by atoms with Gasteiger partial charge in [-0.3, -0.25) is 9.78 Å². The summed E-state index contributed by atoms with van der Waals surface area (Å²) in [6, 6.07) is 12.1. The highest BCUT2D eigenvalue weighted by atomic mass is 16.5. The highest BCUT2D eigenvalue weighted by Gasteiger charge is 2.33. The van der Waals surface area contributed by atoms with E-state index in [1.165, 1.54) is 0 Å². The van der Waals surface area contributed by atoms with Gasteiger partial charge in [0, 0.05) is 37.5 Å². The molecule has 0 saturated heterocycles. The summed E-state index contributed by atoms with van der Waals surface area (Å²) in [6.07, 6.45) is 3.10. The maximum Gasteiger partial charge on any atom is 0.218 e. The van der Waals surface area contributed by atoms with Gasteiger partial charge in [-0.25, -0.2) is 4.99 Å². The Labute approximate surface area is 165 Å². The number of hydrogen-bond donors (Lipinski definition) is 0. The molecule has 2 aliphatic rings. The normalized spacial score (nSPS) is 16.4. The van der Waals surface area contributed by atoms with Gasteiger partial charge in [0.05, 0.1) is 31.5 Å². The minimum atomic E-state index is 0.0689. The Bertz CT molecular complexity index is 888. The topological polar surface area (TPSA) is 60.8 Å². The van der Waals surface area contributed by atoms with Crippen molar-refractivity contribution in [2.24, 2.45) is 4.99 Å². The Morgan fingerprint density at radius 2 is 2.00 bits per heavy atom. The summed E-state index contributed by atoms with van der Waals surface area (Å²) in [5, 5.41) is 0. The maximum atomic E-state index is 12.8. The number of Topliss-reactive ketones (excluding diaryl/α,β-unsaturated/α-hetero) is 1. The Balaban J connectivity index is 1.51. The molecule has 1 aromatic heterocycles. The standard InChI is InChI=1S/C23H26N2O3/c1-27-14-18(15-6-4-3-5-7-15)11-20(26)12-19-10-17-13-24-23(28-2)21(17)22(25-19)16-8-9-16/h3-7,10,16,18H,8-9,11-14H2,1-2H3/t18-/m1/s1. The molecule has 2 heterocycles. The smallest absolute Gasteiger partial charge is 0.218 e. The predicted molar refractivity (Wildman–Crippen MR) is 108 cm³/mol. The Morgan fingerprint density at radius 3 is 2.68 bits per heavy atom. The van der Waals surface area contributed by atoms with Crippen LogP contribution in [0.1, 0.15) is 59.2 Å². The molecular weight excluding hydrogens is 352 g/mol. The minimum absolute atomic E-state index is 0.0689. The lowest BCUT2D eigenvalue weighted by molar-refractivity contribution is -0.119. The number of methoxy groups -OCH3 is 2. The number of carbonyl (C=O) groups excluding carboxylic acids is 1. The first kappa shape index (κ1) is 18.8. The van der Waals surface area contributed by atoms with Crippen LogP contribution in [0.25, 0.3) is 0 Å². The number of ether oxygens (including phenoxy) is 2. The van der Waals surface area contributed by atoms with Crippen LogP contribution in [0.15, 0.2) is 41.4 Å². The molecule has 1 saturated carbocycles. The van der Waals surface area contributed by atoms with Crippen molar-refractivity contribution in [3.63, 3.8) is 0 Å². The van der Waals surface area contributed by atoms with Gasteiger partial charge in [-0.05, 0) is 30.0 Å². The van der Waals surface area contributed by atoms with Crippen LogP contribution in [-0.4, -0.2) is 37.5 Å². The SMILES string of the molecule is COC[C@@H](CC(=O)Cc1cc2c(c(C3CC3)n1)C(OC)=NC2)c1ccccc1. The van der Waals surface area contributed by atoms with E-state index in [2.05, 4.69) is 17.1 Å². The molecule has 1 aromatic carbocycles. The minimum Gasteiger partial charge on any atom is -0.481 e. The molecule has 5 heteroatoms. The fourth-order valence-corrected chi connectivity index (χ4v) is 3.95. The zero-order valence-corrected chi connectivity index (χ0v) is 16.5. The van der Waals surface area contributed by atoms with E-state index in [-0.39, 0.29) is 11.7 Å². The van der Waals surface area contributed by atoms with Gasteiger partial charge in [-0.15, -0.1) is 0 Å². The summed E-state index contributed by atoms with van der Waals surface area (Å²) in [5.41, 5.74) is 5.24. The van der Waals surface area contributed by atoms with E-state index in [1.807, 2.05) is 24.3 Å². The van der Waals surface area contributed by atoms with E-state index in [4.69, 9.17) is 14.5 Å². The second-order valence-electron chi connectivity index (χ2n) is 7.62. The number of rotatable bonds is 8. The van der Waals surface area contributed by atoms with Gasteiger partial charge in [0.25, 0.3) is 0 Å². The number of benzene rings is 1. The van der Waals surface area contributed by atoms with Gasteiger partial charge in [0.15, 0.2) is 0 Å². The summed E-state index contributed by atoms with van der Waals surface area (Å²) in [6.45, 7) is 1.14.